The van der Waals surface area contributed by atoms with Crippen molar-refractivity contribution < 1.29 is 13.1 Å². The molecule has 12 heavy (non-hydrogen) atoms. The molecule has 0 aliphatic heterocycles. The maximum absolute atomic E-state index is 11.0. The Balaban J connectivity index is 3.54. The summed E-state index contributed by atoms with van der Waals surface area (Å²) in [5.74, 6) is 0. The van der Waals surface area contributed by atoms with Gasteiger partial charge in [0, 0.05) is 17.6 Å². The van der Waals surface area contributed by atoms with Crippen LogP contribution < -0.4 is 4.68 Å². The van der Waals surface area contributed by atoms with Crippen LogP contribution in [0.2, 0.25) is 0 Å². The normalized spacial score (nSPS) is 12.0. The molecule has 1 aromatic rings. The number of hydrogen-bond acceptors (Lipinski definition) is 2. The van der Waals surface area contributed by atoms with E-state index in [0.717, 1.165) is 0 Å². The average Bonchev–Trinajstić information content (AvgIpc) is 2.05. The van der Waals surface area contributed by atoms with Gasteiger partial charge in [-0.3, -0.25) is 0 Å². The standard InChI is InChI=1S/C6H9ClN2O2S/c1-4-6(12(7,10)11)5(2)9(3)8-4/h1-3H3/p+1. The maximum Gasteiger partial charge on any atom is 0.269 e. The minimum atomic E-state index is -3.62. The van der Waals surface area contributed by atoms with Crippen molar-refractivity contribution in [1.29, 1.82) is 0 Å². The predicted octanol–water partition coefficient (Wildman–Crippen LogP) is 0.384. The number of nitrogens with one attached hydrogen (secondary N) is 1. The fourth-order valence-electron chi connectivity index (χ4n) is 1.17. The van der Waals surface area contributed by atoms with Gasteiger partial charge in [-0.2, -0.15) is 5.10 Å². The molecule has 0 aliphatic rings. The minimum Gasteiger partial charge on any atom is -0.207 e. The third kappa shape index (κ3) is 1.47. The summed E-state index contributed by atoms with van der Waals surface area (Å²) >= 11 is 0. The topological polar surface area (TPSA) is 53.8 Å². The van der Waals surface area contributed by atoms with E-state index in [1.807, 2.05) is 0 Å². The van der Waals surface area contributed by atoms with Gasteiger partial charge in [0.2, 0.25) is 5.69 Å². The summed E-state index contributed by atoms with van der Waals surface area (Å²) < 4.78 is 23.7. The summed E-state index contributed by atoms with van der Waals surface area (Å²) in [4.78, 5) is 0.173. The quantitative estimate of drug-likeness (QED) is 0.537. The molecule has 0 spiro atoms. The highest BCUT2D eigenvalue weighted by Crippen LogP contribution is 2.19. The molecular weight excluding hydrogens is 200 g/mol. The number of rotatable bonds is 1. The van der Waals surface area contributed by atoms with Crippen molar-refractivity contribution >= 4 is 19.7 Å². The summed E-state index contributed by atoms with van der Waals surface area (Å²) in [5, 5.41) is 2.84. The number of nitrogens with zero attached hydrogens (tertiary/aromatic N) is 1. The first-order valence-corrected chi connectivity index (χ1v) is 5.65. The highest BCUT2D eigenvalue weighted by atomic mass is 35.7. The van der Waals surface area contributed by atoms with Crippen molar-refractivity contribution in [1.82, 2.24) is 5.10 Å². The van der Waals surface area contributed by atoms with E-state index >= 15 is 0 Å². The summed E-state index contributed by atoms with van der Waals surface area (Å²) in [7, 11) is 3.33. The van der Waals surface area contributed by atoms with E-state index in [1.165, 1.54) is 0 Å². The molecule has 0 bridgehead atoms. The lowest BCUT2D eigenvalue weighted by atomic mass is 10.4. The third-order valence-electron chi connectivity index (χ3n) is 1.75. The van der Waals surface area contributed by atoms with Crippen molar-refractivity contribution in [2.24, 2.45) is 7.05 Å². The molecule has 0 unspecified atom stereocenters. The van der Waals surface area contributed by atoms with Gasteiger partial charge in [0.05, 0.1) is 5.69 Å². The van der Waals surface area contributed by atoms with Crippen molar-refractivity contribution in [3.05, 3.63) is 11.4 Å². The van der Waals surface area contributed by atoms with Crippen LogP contribution >= 0.6 is 10.7 Å². The molecule has 1 aromatic heterocycles. The largest absolute Gasteiger partial charge is 0.269 e. The molecule has 0 saturated carbocycles. The van der Waals surface area contributed by atoms with Gasteiger partial charge in [-0.1, -0.05) is 0 Å². The third-order valence-corrected chi connectivity index (χ3v) is 3.30. The van der Waals surface area contributed by atoms with E-state index in [0.29, 0.717) is 11.4 Å². The monoisotopic (exact) mass is 209 g/mol. The second-order valence-corrected chi connectivity index (χ2v) is 5.15. The molecule has 0 amide bonds. The molecule has 0 aromatic carbocycles. The zero-order valence-electron chi connectivity index (χ0n) is 7.05. The molecule has 0 radical (unpaired) electrons. The van der Waals surface area contributed by atoms with E-state index in [-0.39, 0.29) is 4.90 Å². The number of hydrogen-bond donors (Lipinski definition) is 1. The van der Waals surface area contributed by atoms with Gasteiger partial charge >= 0.3 is 0 Å². The van der Waals surface area contributed by atoms with Gasteiger partial charge in [-0.05, 0) is 6.92 Å². The van der Waals surface area contributed by atoms with E-state index in [1.54, 1.807) is 25.6 Å². The van der Waals surface area contributed by atoms with Gasteiger partial charge in [-0.25, -0.2) is 8.42 Å². The Labute approximate surface area is 75.6 Å². The van der Waals surface area contributed by atoms with Gasteiger partial charge in [0.15, 0.2) is 11.9 Å². The smallest absolute Gasteiger partial charge is 0.207 e. The van der Waals surface area contributed by atoms with Crippen LogP contribution in [0, 0.1) is 13.8 Å². The number of H-pyrrole nitrogens is 1. The number of aryl methyl sites for hydroxylation is 2. The van der Waals surface area contributed by atoms with Crippen LogP contribution in [0.1, 0.15) is 11.4 Å². The van der Waals surface area contributed by atoms with Crippen LogP contribution in [0.3, 0.4) is 0 Å². The fraction of sp³-hybridized carbons (Fsp3) is 0.500. The summed E-state index contributed by atoms with van der Waals surface area (Å²) in [6.45, 7) is 3.36. The Morgan fingerprint density at radius 3 is 2.08 bits per heavy atom. The van der Waals surface area contributed by atoms with Crippen LogP contribution in [0.5, 0.6) is 0 Å². The molecule has 4 nitrogen and oxygen atoms in total. The van der Waals surface area contributed by atoms with Crippen LogP contribution in [0.15, 0.2) is 4.90 Å². The lowest BCUT2D eigenvalue weighted by molar-refractivity contribution is -0.733. The Morgan fingerprint density at radius 2 is 1.92 bits per heavy atom. The highest BCUT2D eigenvalue weighted by Gasteiger charge is 2.26. The molecule has 1 N–H and O–H groups in total. The summed E-state index contributed by atoms with van der Waals surface area (Å²) in [6.07, 6.45) is 0. The Bertz CT molecular complexity index is 407. The zero-order valence-corrected chi connectivity index (χ0v) is 8.62. The number of aromatic amines is 1. The minimum absolute atomic E-state index is 0.173. The Hall–Kier alpha value is -0.550. The summed E-state index contributed by atoms with van der Waals surface area (Å²) in [6, 6.07) is 0. The fourth-order valence-corrected chi connectivity index (χ4v) is 2.75. The van der Waals surface area contributed by atoms with Gasteiger partial charge in [-0.15, -0.1) is 4.68 Å². The van der Waals surface area contributed by atoms with E-state index in [4.69, 9.17) is 10.7 Å². The first-order chi connectivity index (χ1) is 5.34. The first-order valence-electron chi connectivity index (χ1n) is 3.34. The molecule has 1 rings (SSSR count). The Morgan fingerprint density at radius 1 is 1.42 bits per heavy atom. The average molecular weight is 210 g/mol. The van der Waals surface area contributed by atoms with E-state index < -0.39 is 9.05 Å². The van der Waals surface area contributed by atoms with Gasteiger partial charge in [0.25, 0.3) is 9.05 Å². The van der Waals surface area contributed by atoms with Gasteiger partial charge < -0.3 is 0 Å². The lowest BCUT2D eigenvalue weighted by Crippen LogP contribution is -2.32. The van der Waals surface area contributed by atoms with Crippen LogP contribution in [-0.2, 0) is 16.1 Å². The molecule has 6 heteroatoms. The van der Waals surface area contributed by atoms with Gasteiger partial charge in [0.1, 0.15) is 0 Å². The molecule has 0 atom stereocenters. The predicted molar refractivity (Wildman–Crippen MR) is 44.5 cm³/mol. The van der Waals surface area contributed by atoms with E-state index in [2.05, 4.69) is 5.10 Å². The number of halogens is 1. The Kier molecular flexibility index (Phi) is 2.18. The molecule has 0 fully saturated rings. The van der Waals surface area contributed by atoms with Crippen molar-refractivity contribution in [3.63, 3.8) is 0 Å². The van der Waals surface area contributed by atoms with Crippen molar-refractivity contribution in [2.45, 2.75) is 18.7 Å². The molecule has 0 aliphatic carbocycles. The SMILES string of the molecule is Cc1[nH][n+](C)c(C)c1S(=O)(=O)Cl. The van der Waals surface area contributed by atoms with Crippen LogP contribution in [0.25, 0.3) is 0 Å². The molecule has 68 valence electrons. The maximum atomic E-state index is 11.0. The highest BCUT2D eigenvalue weighted by molar-refractivity contribution is 8.13. The molecule has 1 heterocycles. The van der Waals surface area contributed by atoms with Crippen LogP contribution in [-0.4, -0.2) is 13.5 Å². The second kappa shape index (κ2) is 2.74. The lowest BCUT2D eigenvalue weighted by Gasteiger charge is -1.88. The van der Waals surface area contributed by atoms with Crippen LogP contribution in [0.4, 0.5) is 0 Å². The molecule has 0 saturated heterocycles. The zero-order chi connectivity index (χ0) is 9.52. The first kappa shape index (κ1) is 9.54. The van der Waals surface area contributed by atoms with E-state index in [9.17, 15) is 8.42 Å². The number of aromatic nitrogens is 2. The van der Waals surface area contributed by atoms with Crippen molar-refractivity contribution in [2.75, 3.05) is 0 Å². The van der Waals surface area contributed by atoms with Crippen molar-refractivity contribution in [3.8, 4) is 0 Å². The summed E-state index contributed by atoms with van der Waals surface area (Å²) in [5.41, 5.74) is 1.17. The second-order valence-electron chi connectivity index (χ2n) is 2.65. The molecular formula is C6H10ClN2O2S+.